The molecule has 6 heteroatoms. The van der Waals surface area contributed by atoms with Gasteiger partial charge in [-0.3, -0.25) is 9.59 Å². The third-order valence-corrected chi connectivity index (χ3v) is 4.78. The second kappa shape index (κ2) is 7.70. The number of aromatic nitrogens is 1. The van der Waals surface area contributed by atoms with Gasteiger partial charge >= 0.3 is 5.97 Å². The van der Waals surface area contributed by atoms with Gasteiger partial charge in [0, 0.05) is 30.2 Å². The van der Waals surface area contributed by atoms with Crippen LogP contribution in [0.1, 0.15) is 25.3 Å². The monoisotopic (exact) mass is 343 g/mol. The number of benzene rings is 1. The average molecular weight is 343 g/mol. The normalized spacial score (nSPS) is 19.0. The molecular weight excluding hydrogens is 318 g/mol. The maximum absolute atomic E-state index is 12.7. The highest BCUT2D eigenvalue weighted by atomic mass is 16.5. The fourth-order valence-corrected chi connectivity index (χ4v) is 3.49. The molecular formula is C19H25N3O3. The number of nitrogens with zero attached hydrogens (tertiary/aromatic N) is 1. The van der Waals surface area contributed by atoms with Gasteiger partial charge in [0.05, 0.1) is 18.6 Å². The van der Waals surface area contributed by atoms with Gasteiger partial charge in [-0.15, -0.1) is 0 Å². The highest BCUT2D eigenvalue weighted by Gasteiger charge is 2.31. The quantitative estimate of drug-likeness (QED) is 0.811. The molecule has 134 valence electrons. The Morgan fingerprint density at radius 2 is 2.20 bits per heavy atom. The van der Waals surface area contributed by atoms with E-state index >= 15 is 0 Å². The third-order valence-electron chi connectivity index (χ3n) is 4.78. The minimum absolute atomic E-state index is 0.0979. The molecule has 0 spiro atoms. The van der Waals surface area contributed by atoms with Gasteiger partial charge in [-0.25, -0.2) is 0 Å². The van der Waals surface area contributed by atoms with Gasteiger partial charge in [0.1, 0.15) is 0 Å². The molecule has 2 heterocycles. The summed E-state index contributed by atoms with van der Waals surface area (Å²) in [4.78, 5) is 29.6. The van der Waals surface area contributed by atoms with Crippen LogP contribution in [0.3, 0.4) is 0 Å². The zero-order valence-corrected chi connectivity index (χ0v) is 14.5. The molecule has 0 radical (unpaired) electrons. The summed E-state index contributed by atoms with van der Waals surface area (Å²) in [6.07, 6.45) is 3.95. The summed E-state index contributed by atoms with van der Waals surface area (Å²) in [5, 5.41) is 1.09. The molecule has 25 heavy (non-hydrogen) atoms. The van der Waals surface area contributed by atoms with Crippen molar-refractivity contribution in [2.75, 3.05) is 19.7 Å². The lowest BCUT2D eigenvalue weighted by Gasteiger charge is -2.33. The van der Waals surface area contributed by atoms with Gasteiger partial charge in [0.25, 0.3) is 0 Å². The molecule has 1 aliphatic heterocycles. The van der Waals surface area contributed by atoms with Crippen molar-refractivity contribution in [3.05, 3.63) is 36.0 Å². The van der Waals surface area contributed by atoms with Gasteiger partial charge in [0.2, 0.25) is 5.91 Å². The van der Waals surface area contributed by atoms with Gasteiger partial charge in [0.15, 0.2) is 0 Å². The molecule has 6 nitrogen and oxygen atoms in total. The zero-order valence-electron chi connectivity index (χ0n) is 14.5. The largest absolute Gasteiger partial charge is 0.466 e. The Morgan fingerprint density at radius 3 is 3.00 bits per heavy atom. The first-order chi connectivity index (χ1) is 12.1. The van der Waals surface area contributed by atoms with Crippen molar-refractivity contribution in [3.63, 3.8) is 0 Å². The van der Waals surface area contributed by atoms with Crippen molar-refractivity contribution in [3.8, 4) is 0 Å². The molecule has 3 rings (SSSR count). The van der Waals surface area contributed by atoms with Crippen LogP contribution >= 0.6 is 0 Å². The summed E-state index contributed by atoms with van der Waals surface area (Å²) in [6.45, 7) is 3.21. The van der Waals surface area contributed by atoms with Crippen molar-refractivity contribution in [2.24, 2.45) is 11.7 Å². The summed E-state index contributed by atoms with van der Waals surface area (Å²) in [5.74, 6) is -0.553. The van der Waals surface area contributed by atoms with Crippen molar-refractivity contribution < 1.29 is 14.3 Å². The topological polar surface area (TPSA) is 88.4 Å². The maximum Gasteiger partial charge on any atom is 0.310 e. The summed E-state index contributed by atoms with van der Waals surface area (Å²) >= 11 is 0. The number of esters is 1. The molecule has 1 amide bonds. The number of fused-ring (bicyclic) bond motifs is 1. The highest BCUT2D eigenvalue weighted by Crippen LogP contribution is 2.21. The lowest BCUT2D eigenvalue weighted by Crippen LogP contribution is -2.50. The van der Waals surface area contributed by atoms with Gasteiger partial charge < -0.3 is 20.4 Å². The van der Waals surface area contributed by atoms with Gasteiger partial charge in [-0.05, 0) is 37.8 Å². The molecule has 2 aromatic rings. The van der Waals surface area contributed by atoms with E-state index in [1.807, 2.05) is 30.5 Å². The van der Waals surface area contributed by atoms with Crippen LogP contribution in [0.15, 0.2) is 30.5 Å². The number of likely N-dealkylation sites (tertiary alicyclic amines) is 1. The minimum atomic E-state index is -0.611. The van der Waals surface area contributed by atoms with Gasteiger partial charge in [-0.2, -0.15) is 0 Å². The number of carbonyl (C=O) groups excluding carboxylic acids is 2. The van der Waals surface area contributed by atoms with Crippen molar-refractivity contribution in [2.45, 2.75) is 32.2 Å². The Labute approximate surface area is 147 Å². The highest BCUT2D eigenvalue weighted by molar-refractivity contribution is 5.86. The fourth-order valence-electron chi connectivity index (χ4n) is 3.49. The van der Waals surface area contributed by atoms with Crippen LogP contribution in [0, 0.1) is 5.92 Å². The van der Waals surface area contributed by atoms with Crippen LogP contribution in [-0.2, 0) is 20.7 Å². The van der Waals surface area contributed by atoms with E-state index in [0.717, 1.165) is 29.3 Å². The number of nitrogens with two attached hydrogens (primary N) is 1. The lowest BCUT2D eigenvalue weighted by molar-refractivity contribution is -0.151. The zero-order chi connectivity index (χ0) is 17.8. The van der Waals surface area contributed by atoms with Crippen molar-refractivity contribution in [1.29, 1.82) is 0 Å². The van der Waals surface area contributed by atoms with E-state index in [1.165, 1.54) is 0 Å². The summed E-state index contributed by atoms with van der Waals surface area (Å²) in [6, 6.07) is 7.36. The average Bonchev–Trinajstić information content (AvgIpc) is 3.04. The molecule has 1 saturated heterocycles. The number of carbonyl (C=O) groups is 2. The first-order valence-corrected chi connectivity index (χ1v) is 8.86. The number of amides is 1. The number of aromatic amines is 1. The number of H-pyrrole nitrogens is 1. The number of para-hydroxylation sites is 1. The van der Waals surface area contributed by atoms with E-state index in [4.69, 9.17) is 10.5 Å². The Bertz CT molecular complexity index is 755. The summed E-state index contributed by atoms with van der Waals surface area (Å²) < 4.78 is 5.09. The molecule has 2 atom stereocenters. The van der Waals surface area contributed by atoms with Gasteiger partial charge in [-0.1, -0.05) is 18.2 Å². The Hall–Kier alpha value is -2.34. The predicted molar refractivity (Wildman–Crippen MR) is 95.9 cm³/mol. The molecule has 0 bridgehead atoms. The van der Waals surface area contributed by atoms with Crippen LogP contribution in [0.25, 0.3) is 10.9 Å². The van der Waals surface area contributed by atoms with Crippen LogP contribution in [-0.4, -0.2) is 47.5 Å². The molecule has 1 aliphatic rings. The molecule has 0 aliphatic carbocycles. The van der Waals surface area contributed by atoms with Crippen LogP contribution in [0.4, 0.5) is 0 Å². The molecule has 1 unspecified atom stereocenters. The second-order valence-electron chi connectivity index (χ2n) is 6.55. The number of hydrogen-bond donors (Lipinski definition) is 2. The Balaban J connectivity index is 1.64. The van der Waals surface area contributed by atoms with E-state index in [0.29, 0.717) is 26.1 Å². The predicted octanol–water partition coefficient (Wildman–Crippen LogP) is 1.84. The first-order valence-electron chi connectivity index (χ1n) is 8.86. The van der Waals surface area contributed by atoms with Crippen LogP contribution in [0.5, 0.6) is 0 Å². The Morgan fingerprint density at radius 1 is 1.40 bits per heavy atom. The Kier molecular flexibility index (Phi) is 5.38. The third kappa shape index (κ3) is 3.85. The van der Waals surface area contributed by atoms with E-state index in [9.17, 15) is 9.59 Å². The van der Waals surface area contributed by atoms with E-state index in [1.54, 1.807) is 11.8 Å². The summed E-state index contributed by atoms with van der Waals surface area (Å²) in [7, 11) is 0. The molecule has 3 N–H and O–H groups in total. The SMILES string of the molecule is CCOC(=O)C1CCCN(C(=O)[C@@H](N)Cc2c[nH]c3ccccc23)C1. The molecule has 1 aromatic carbocycles. The second-order valence-corrected chi connectivity index (χ2v) is 6.55. The molecule has 1 aromatic heterocycles. The number of piperidine rings is 1. The standard InChI is InChI=1S/C19H25N3O3/c1-2-25-19(24)13-6-5-9-22(12-13)18(23)16(20)10-14-11-21-17-8-4-3-7-15(14)17/h3-4,7-8,11,13,16,21H,2,5-6,9-10,12,20H2,1H3/t13?,16-/m0/s1. The first kappa shape index (κ1) is 17.5. The van der Waals surface area contributed by atoms with E-state index in [2.05, 4.69) is 4.98 Å². The number of ether oxygens (including phenoxy) is 1. The van der Waals surface area contributed by atoms with E-state index in [-0.39, 0.29) is 17.8 Å². The molecule has 0 saturated carbocycles. The van der Waals surface area contributed by atoms with Crippen molar-refractivity contribution in [1.82, 2.24) is 9.88 Å². The minimum Gasteiger partial charge on any atom is -0.466 e. The molecule has 1 fully saturated rings. The number of rotatable bonds is 5. The smallest absolute Gasteiger partial charge is 0.310 e. The lowest BCUT2D eigenvalue weighted by atomic mass is 9.96. The fraction of sp³-hybridized carbons (Fsp3) is 0.474. The van der Waals surface area contributed by atoms with Crippen LogP contribution < -0.4 is 5.73 Å². The maximum atomic E-state index is 12.7. The number of nitrogens with one attached hydrogen (secondary N) is 1. The van der Waals surface area contributed by atoms with Crippen molar-refractivity contribution >= 4 is 22.8 Å². The van der Waals surface area contributed by atoms with E-state index < -0.39 is 6.04 Å². The summed E-state index contributed by atoms with van der Waals surface area (Å²) in [5.41, 5.74) is 8.27. The number of hydrogen-bond acceptors (Lipinski definition) is 4. The van der Waals surface area contributed by atoms with Crippen LogP contribution in [0.2, 0.25) is 0 Å².